The number of halogens is 3. The van der Waals surface area contributed by atoms with Crippen molar-refractivity contribution in [2.45, 2.75) is 66.2 Å². The van der Waals surface area contributed by atoms with Crippen LogP contribution in [0.15, 0.2) is 36.4 Å². The van der Waals surface area contributed by atoms with Crippen LogP contribution < -0.4 is 10.6 Å². The van der Waals surface area contributed by atoms with Crippen LogP contribution in [0, 0.1) is 26.7 Å². The van der Waals surface area contributed by atoms with Gasteiger partial charge in [0.2, 0.25) is 0 Å². The number of anilines is 3. The van der Waals surface area contributed by atoms with E-state index in [1.54, 1.807) is 13.0 Å². The second-order valence-electron chi connectivity index (χ2n) is 10.2. The minimum Gasteiger partial charge on any atom is -0.363 e. The van der Waals surface area contributed by atoms with Crippen molar-refractivity contribution in [3.05, 3.63) is 70.2 Å². The molecule has 0 aliphatic heterocycles. The molecule has 10 heteroatoms. The lowest BCUT2D eigenvalue weighted by Gasteiger charge is -2.22. The Balaban J connectivity index is 1.59. The Morgan fingerprint density at radius 1 is 1.10 bits per heavy atom. The van der Waals surface area contributed by atoms with Gasteiger partial charge in [0, 0.05) is 29.6 Å². The highest BCUT2D eigenvalue weighted by atomic mass is 19.4. The summed E-state index contributed by atoms with van der Waals surface area (Å²) in [6.07, 6.45) is -4.44. The SMILES string of the molecule is CCn1nc(C)cc1Nc1cc2nc(C)nc(N[C@H](C)c3cccc(C(F)(F)F)c3C)c2cc1C1C(=O)C1C. The summed E-state index contributed by atoms with van der Waals surface area (Å²) in [6, 6.07) is 9.53. The van der Waals surface area contributed by atoms with Crippen LogP contribution in [0.25, 0.3) is 10.9 Å². The maximum atomic E-state index is 13.5. The number of benzene rings is 2. The molecule has 2 unspecified atom stereocenters. The fraction of sp³-hybridized carbons (Fsp3) is 0.379. The largest absolute Gasteiger partial charge is 0.416 e. The summed E-state index contributed by atoms with van der Waals surface area (Å²) < 4.78 is 42.5. The number of rotatable bonds is 7. The number of alkyl halides is 3. The van der Waals surface area contributed by atoms with Crippen molar-refractivity contribution in [2.75, 3.05) is 10.6 Å². The van der Waals surface area contributed by atoms with Gasteiger partial charge in [-0.2, -0.15) is 18.3 Å². The topological polar surface area (TPSA) is 84.7 Å². The van der Waals surface area contributed by atoms with Gasteiger partial charge in [0.1, 0.15) is 23.2 Å². The van der Waals surface area contributed by atoms with Crippen molar-refractivity contribution in [2.24, 2.45) is 5.92 Å². The molecule has 1 aliphatic rings. The summed E-state index contributed by atoms with van der Waals surface area (Å²) in [7, 11) is 0. The molecular formula is C29H31F3N6O. The Morgan fingerprint density at radius 3 is 2.46 bits per heavy atom. The van der Waals surface area contributed by atoms with E-state index < -0.39 is 17.8 Å². The predicted octanol–water partition coefficient (Wildman–Crippen LogP) is 7.01. The number of aryl methyl sites for hydroxylation is 3. The molecule has 2 aromatic carbocycles. The van der Waals surface area contributed by atoms with E-state index in [1.807, 2.05) is 50.6 Å². The van der Waals surface area contributed by atoms with Gasteiger partial charge in [-0.3, -0.25) is 4.79 Å². The van der Waals surface area contributed by atoms with E-state index in [1.165, 1.54) is 13.0 Å². The number of Topliss-reactive ketones (excluding diaryl/α,β-unsaturated/α-hetero) is 1. The molecule has 1 saturated carbocycles. The fourth-order valence-corrected chi connectivity index (χ4v) is 5.31. The molecule has 0 saturated heterocycles. The van der Waals surface area contributed by atoms with E-state index in [0.717, 1.165) is 28.8 Å². The first-order valence-corrected chi connectivity index (χ1v) is 13.0. The number of carbonyl (C=O) groups is 1. The van der Waals surface area contributed by atoms with Gasteiger partial charge in [-0.15, -0.1) is 0 Å². The van der Waals surface area contributed by atoms with Gasteiger partial charge in [0.15, 0.2) is 0 Å². The average molecular weight is 537 g/mol. The monoisotopic (exact) mass is 536 g/mol. The molecule has 2 heterocycles. The van der Waals surface area contributed by atoms with Gasteiger partial charge < -0.3 is 10.6 Å². The Kier molecular flexibility index (Phi) is 6.60. The summed E-state index contributed by atoms with van der Waals surface area (Å²) in [4.78, 5) is 21.8. The average Bonchev–Trinajstić information content (AvgIpc) is 3.27. The molecule has 3 atom stereocenters. The summed E-state index contributed by atoms with van der Waals surface area (Å²) in [6.45, 7) is 11.6. The number of nitrogens with one attached hydrogen (secondary N) is 2. The molecule has 2 aromatic heterocycles. The van der Waals surface area contributed by atoms with Crippen LogP contribution in [0.5, 0.6) is 0 Å². The van der Waals surface area contributed by atoms with Gasteiger partial charge in [0.05, 0.1) is 28.7 Å². The fourth-order valence-electron chi connectivity index (χ4n) is 5.31. The third kappa shape index (κ3) is 4.95. The molecule has 1 fully saturated rings. The smallest absolute Gasteiger partial charge is 0.363 e. The van der Waals surface area contributed by atoms with E-state index in [4.69, 9.17) is 0 Å². The van der Waals surface area contributed by atoms with Crippen molar-refractivity contribution in [1.29, 1.82) is 0 Å². The molecule has 7 nitrogen and oxygen atoms in total. The zero-order chi connectivity index (χ0) is 28.2. The summed E-state index contributed by atoms with van der Waals surface area (Å²) in [5.74, 6) is 1.64. The van der Waals surface area contributed by atoms with Gasteiger partial charge in [-0.05, 0) is 69.5 Å². The summed E-state index contributed by atoms with van der Waals surface area (Å²) in [5, 5.41) is 12.0. The van der Waals surface area contributed by atoms with Crippen LogP contribution in [-0.4, -0.2) is 25.5 Å². The Bertz CT molecular complexity index is 1590. The van der Waals surface area contributed by atoms with Crippen LogP contribution in [0.2, 0.25) is 0 Å². The Morgan fingerprint density at radius 2 is 1.82 bits per heavy atom. The number of nitrogens with zero attached hydrogens (tertiary/aromatic N) is 4. The molecule has 1 aliphatic carbocycles. The summed E-state index contributed by atoms with van der Waals surface area (Å²) >= 11 is 0. The number of hydrogen-bond donors (Lipinski definition) is 2. The standard InChI is InChI=1S/C29H31F3N6O/c1-7-38-25(11-14(2)37-38)36-23-13-24-21(12-20(23)26-16(4)27(26)39)28(35-18(6)34-24)33-17(5)19-9-8-10-22(15(19)3)29(30,31)32/h8-13,16-17,26,36H,7H2,1-6H3,(H,33,34,35)/t16?,17-,26?/m1/s1. The third-order valence-electron chi connectivity index (χ3n) is 7.43. The number of fused-ring (bicyclic) bond motifs is 1. The zero-order valence-corrected chi connectivity index (χ0v) is 22.7. The number of carbonyl (C=O) groups excluding carboxylic acids is 1. The molecule has 0 bridgehead atoms. The summed E-state index contributed by atoms with van der Waals surface area (Å²) in [5.41, 5.74) is 3.18. The second-order valence-corrected chi connectivity index (χ2v) is 10.2. The van der Waals surface area contributed by atoms with E-state index in [2.05, 4.69) is 25.7 Å². The molecule has 39 heavy (non-hydrogen) atoms. The van der Waals surface area contributed by atoms with Crippen molar-refractivity contribution in [3.63, 3.8) is 0 Å². The van der Waals surface area contributed by atoms with Crippen molar-refractivity contribution in [3.8, 4) is 0 Å². The highest BCUT2D eigenvalue weighted by Gasteiger charge is 2.47. The number of aromatic nitrogens is 4. The number of hydrogen-bond acceptors (Lipinski definition) is 6. The van der Waals surface area contributed by atoms with Crippen molar-refractivity contribution in [1.82, 2.24) is 19.7 Å². The molecular weight excluding hydrogens is 505 g/mol. The van der Waals surface area contributed by atoms with E-state index in [0.29, 0.717) is 34.7 Å². The molecule has 2 N–H and O–H groups in total. The van der Waals surface area contributed by atoms with Gasteiger partial charge in [0.25, 0.3) is 0 Å². The minimum atomic E-state index is -4.44. The van der Waals surface area contributed by atoms with Crippen molar-refractivity contribution >= 4 is 34.0 Å². The van der Waals surface area contributed by atoms with Crippen LogP contribution in [0.4, 0.5) is 30.5 Å². The molecule has 0 spiro atoms. The van der Waals surface area contributed by atoms with E-state index in [-0.39, 0.29) is 23.2 Å². The first-order valence-electron chi connectivity index (χ1n) is 13.0. The van der Waals surface area contributed by atoms with E-state index in [9.17, 15) is 18.0 Å². The van der Waals surface area contributed by atoms with Gasteiger partial charge >= 0.3 is 6.18 Å². The third-order valence-corrected chi connectivity index (χ3v) is 7.43. The quantitative estimate of drug-likeness (QED) is 0.264. The minimum absolute atomic E-state index is 0.102. The maximum absolute atomic E-state index is 13.5. The lowest BCUT2D eigenvalue weighted by atomic mass is 9.97. The van der Waals surface area contributed by atoms with Gasteiger partial charge in [-0.1, -0.05) is 19.1 Å². The molecule has 4 aromatic rings. The molecule has 0 amide bonds. The Labute approximate surface area is 224 Å². The maximum Gasteiger partial charge on any atom is 0.416 e. The highest BCUT2D eigenvalue weighted by Crippen LogP contribution is 2.47. The predicted molar refractivity (Wildman–Crippen MR) is 145 cm³/mol. The first kappa shape index (κ1) is 26.6. The lowest BCUT2D eigenvalue weighted by molar-refractivity contribution is -0.138. The molecule has 204 valence electrons. The zero-order valence-electron chi connectivity index (χ0n) is 22.7. The van der Waals surface area contributed by atoms with Crippen LogP contribution in [-0.2, 0) is 17.5 Å². The first-order chi connectivity index (χ1) is 18.4. The lowest BCUT2D eigenvalue weighted by Crippen LogP contribution is -2.14. The van der Waals surface area contributed by atoms with Crippen LogP contribution in [0.3, 0.4) is 0 Å². The Hall–Kier alpha value is -3.95. The number of ketones is 1. The molecule has 0 radical (unpaired) electrons. The van der Waals surface area contributed by atoms with Crippen LogP contribution in [0.1, 0.15) is 66.5 Å². The van der Waals surface area contributed by atoms with Gasteiger partial charge in [-0.25, -0.2) is 14.6 Å². The van der Waals surface area contributed by atoms with Crippen LogP contribution >= 0.6 is 0 Å². The normalized spacial score (nSPS) is 17.9. The second kappa shape index (κ2) is 9.66. The van der Waals surface area contributed by atoms with E-state index >= 15 is 0 Å². The highest BCUT2D eigenvalue weighted by molar-refractivity contribution is 6.07. The van der Waals surface area contributed by atoms with Crippen molar-refractivity contribution < 1.29 is 18.0 Å². The molecule has 5 rings (SSSR count).